The SMILES string of the molecule is COC(=O)COc1nc(C)cn2c(Cc3ccccc3)c(CC(C)C)c(C(=O)C(N)=O)c12. The van der Waals surface area contributed by atoms with E-state index in [1.807, 2.05) is 48.6 Å². The number of primary amides is 1. The van der Waals surface area contributed by atoms with E-state index in [9.17, 15) is 14.4 Å². The number of nitrogens with two attached hydrogens (primary N) is 1. The molecule has 2 heterocycles. The molecule has 0 radical (unpaired) electrons. The Morgan fingerprint density at radius 2 is 1.84 bits per heavy atom. The molecule has 1 aromatic carbocycles. The van der Waals surface area contributed by atoms with E-state index in [0.29, 0.717) is 24.1 Å². The predicted octanol–water partition coefficient (Wildman–Crippen LogP) is 2.65. The van der Waals surface area contributed by atoms with Crippen LogP contribution in [0.15, 0.2) is 36.5 Å². The highest BCUT2D eigenvalue weighted by Crippen LogP contribution is 2.33. The van der Waals surface area contributed by atoms with Crippen molar-refractivity contribution in [3.8, 4) is 5.88 Å². The highest BCUT2D eigenvalue weighted by molar-refractivity contribution is 6.44. The maximum Gasteiger partial charge on any atom is 0.343 e. The van der Waals surface area contributed by atoms with Crippen LogP contribution in [0.3, 0.4) is 0 Å². The smallest absolute Gasteiger partial charge is 0.343 e. The first-order valence-corrected chi connectivity index (χ1v) is 10.3. The summed E-state index contributed by atoms with van der Waals surface area (Å²) in [6.07, 6.45) is 2.86. The normalized spacial score (nSPS) is 11.0. The number of amides is 1. The molecule has 0 aliphatic rings. The van der Waals surface area contributed by atoms with Crippen LogP contribution >= 0.6 is 0 Å². The molecule has 32 heavy (non-hydrogen) atoms. The number of nitrogens with zero attached hydrogens (tertiary/aromatic N) is 2. The number of benzene rings is 1. The van der Waals surface area contributed by atoms with E-state index < -0.39 is 17.7 Å². The lowest BCUT2D eigenvalue weighted by Gasteiger charge is -2.11. The Kier molecular flexibility index (Phi) is 6.92. The third-order valence-corrected chi connectivity index (χ3v) is 5.05. The molecule has 0 spiro atoms. The van der Waals surface area contributed by atoms with Crippen LogP contribution in [0.4, 0.5) is 0 Å². The van der Waals surface area contributed by atoms with Crippen molar-refractivity contribution in [1.82, 2.24) is 9.38 Å². The Morgan fingerprint density at radius 3 is 2.44 bits per heavy atom. The average Bonchev–Trinajstić information content (AvgIpc) is 3.04. The van der Waals surface area contributed by atoms with Crippen molar-refractivity contribution in [2.45, 2.75) is 33.6 Å². The summed E-state index contributed by atoms with van der Waals surface area (Å²) in [6, 6.07) is 9.82. The quantitative estimate of drug-likeness (QED) is 0.313. The summed E-state index contributed by atoms with van der Waals surface area (Å²) in [6.45, 7) is 5.47. The third kappa shape index (κ3) is 4.80. The van der Waals surface area contributed by atoms with Gasteiger partial charge in [0.1, 0.15) is 5.52 Å². The number of ether oxygens (including phenoxy) is 2. The van der Waals surface area contributed by atoms with Crippen molar-refractivity contribution >= 4 is 23.2 Å². The van der Waals surface area contributed by atoms with Gasteiger partial charge >= 0.3 is 5.97 Å². The number of aromatic nitrogens is 2. The molecule has 168 valence electrons. The van der Waals surface area contributed by atoms with Gasteiger partial charge in [0, 0.05) is 18.3 Å². The van der Waals surface area contributed by atoms with Gasteiger partial charge in [-0.05, 0) is 30.4 Å². The van der Waals surface area contributed by atoms with E-state index in [2.05, 4.69) is 9.72 Å². The van der Waals surface area contributed by atoms with Crippen LogP contribution in [0.25, 0.3) is 5.52 Å². The summed E-state index contributed by atoms with van der Waals surface area (Å²) in [7, 11) is 1.25. The summed E-state index contributed by atoms with van der Waals surface area (Å²) in [5.74, 6) is -2.19. The van der Waals surface area contributed by atoms with Crippen LogP contribution in [-0.2, 0) is 27.2 Å². The third-order valence-electron chi connectivity index (χ3n) is 5.05. The molecule has 0 aliphatic carbocycles. The minimum absolute atomic E-state index is 0.0734. The van der Waals surface area contributed by atoms with E-state index in [-0.39, 0.29) is 24.0 Å². The highest BCUT2D eigenvalue weighted by atomic mass is 16.6. The second-order valence-corrected chi connectivity index (χ2v) is 8.02. The van der Waals surface area contributed by atoms with Crippen LogP contribution in [0.5, 0.6) is 5.88 Å². The number of fused-ring (bicyclic) bond motifs is 1. The summed E-state index contributed by atoms with van der Waals surface area (Å²) in [4.78, 5) is 41.0. The molecule has 0 aliphatic heterocycles. The molecular formula is C24H27N3O5. The Labute approximate surface area is 186 Å². The summed E-state index contributed by atoms with van der Waals surface area (Å²) in [5.41, 5.74) is 9.14. The molecule has 0 saturated heterocycles. The van der Waals surface area contributed by atoms with Crippen molar-refractivity contribution in [3.63, 3.8) is 0 Å². The van der Waals surface area contributed by atoms with Crippen molar-refractivity contribution in [2.24, 2.45) is 11.7 Å². The number of esters is 1. The molecule has 8 nitrogen and oxygen atoms in total. The number of carbonyl (C=O) groups is 3. The summed E-state index contributed by atoms with van der Waals surface area (Å²) >= 11 is 0. The number of Topliss-reactive ketones (excluding diaryl/α,β-unsaturated/α-hetero) is 1. The predicted molar refractivity (Wildman–Crippen MR) is 119 cm³/mol. The fraction of sp³-hybridized carbons (Fsp3) is 0.333. The van der Waals surface area contributed by atoms with Crippen LogP contribution in [0.1, 0.15) is 46.7 Å². The standard InChI is InChI=1S/C24H27N3O5/c1-14(2)10-17-18(11-16-8-6-5-7-9-16)27-12-15(3)26-24(32-13-19(28)31-4)21(27)20(17)22(29)23(25)30/h5-9,12,14H,10-11,13H2,1-4H3,(H2,25,30). The zero-order valence-electron chi connectivity index (χ0n) is 18.7. The maximum atomic E-state index is 13.0. The molecule has 0 unspecified atom stereocenters. The van der Waals surface area contributed by atoms with Crippen molar-refractivity contribution in [3.05, 3.63) is 64.6 Å². The molecule has 0 saturated carbocycles. The molecule has 8 heteroatoms. The topological polar surface area (TPSA) is 113 Å². The first-order valence-electron chi connectivity index (χ1n) is 10.3. The number of aryl methyl sites for hydroxylation is 1. The average molecular weight is 437 g/mol. The maximum absolute atomic E-state index is 13.0. The van der Waals surface area contributed by atoms with E-state index in [1.54, 1.807) is 13.1 Å². The number of rotatable bonds is 9. The Balaban J connectivity index is 2.34. The zero-order valence-corrected chi connectivity index (χ0v) is 18.7. The first-order chi connectivity index (χ1) is 15.2. The number of methoxy groups -OCH3 is 1. The lowest BCUT2D eigenvalue weighted by atomic mass is 9.94. The first kappa shape index (κ1) is 23.0. The van der Waals surface area contributed by atoms with Crippen molar-refractivity contribution < 1.29 is 23.9 Å². The lowest BCUT2D eigenvalue weighted by Crippen LogP contribution is -2.24. The van der Waals surface area contributed by atoms with Crippen LogP contribution in [0, 0.1) is 12.8 Å². The minimum Gasteiger partial charge on any atom is -0.466 e. The lowest BCUT2D eigenvalue weighted by molar-refractivity contribution is -0.143. The number of hydrogen-bond donors (Lipinski definition) is 1. The second kappa shape index (κ2) is 9.64. The number of ketones is 1. The number of hydrogen-bond acceptors (Lipinski definition) is 6. The van der Waals surface area contributed by atoms with E-state index in [1.165, 1.54) is 7.11 Å². The highest BCUT2D eigenvalue weighted by Gasteiger charge is 2.30. The summed E-state index contributed by atoms with van der Waals surface area (Å²) < 4.78 is 12.1. The fourth-order valence-electron chi connectivity index (χ4n) is 3.73. The van der Waals surface area contributed by atoms with Gasteiger partial charge in [-0.15, -0.1) is 0 Å². The Morgan fingerprint density at radius 1 is 1.16 bits per heavy atom. The van der Waals surface area contributed by atoms with Gasteiger partial charge < -0.3 is 19.6 Å². The molecule has 0 fully saturated rings. The minimum atomic E-state index is -1.06. The molecule has 1 amide bonds. The molecule has 0 atom stereocenters. The van der Waals surface area contributed by atoms with Gasteiger partial charge in [-0.2, -0.15) is 0 Å². The van der Waals surface area contributed by atoms with Crippen LogP contribution in [0.2, 0.25) is 0 Å². The van der Waals surface area contributed by atoms with Gasteiger partial charge in [-0.1, -0.05) is 44.2 Å². The monoisotopic (exact) mass is 437 g/mol. The molecule has 0 bridgehead atoms. The largest absolute Gasteiger partial charge is 0.466 e. The van der Waals surface area contributed by atoms with Crippen LogP contribution < -0.4 is 10.5 Å². The molecule has 2 aromatic heterocycles. The zero-order chi connectivity index (χ0) is 23.4. The van der Waals surface area contributed by atoms with E-state index in [0.717, 1.165) is 16.8 Å². The molecular weight excluding hydrogens is 410 g/mol. The van der Waals surface area contributed by atoms with Gasteiger partial charge in [0.15, 0.2) is 6.61 Å². The van der Waals surface area contributed by atoms with Gasteiger partial charge in [0.05, 0.1) is 18.4 Å². The Bertz CT molecular complexity index is 1170. The van der Waals surface area contributed by atoms with E-state index in [4.69, 9.17) is 10.5 Å². The molecule has 3 aromatic rings. The van der Waals surface area contributed by atoms with Gasteiger partial charge in [0.25, 0.3) is 11.7 Å². The Hall–Kier alpha value is -3.68. The van der Waals surface area contributed by atoms with Crippen molar-refractivity contribution in [1.29, 1.82) is 0 Å². The van der Waals surface area contributed by atoms with Crippen molar-refractivity contribution in [2.75, 3.05) is 13.7 Å². The van der Waals surface area contributed by atoms with Gasteiger partial charge in [0.2, 0.25) is 5.88 Å². The second-order valence-electron chi connectivity index (χ2n) is 8.02. The van der Waals surface area contributed by atoms with Crippen LogP contribution in [-0.4, -0.2) is 40.8 Å². The fourth-order valence-corrected chi connectivity index (χ4v) is 3.73. The molecule has 3 rings (SSSR count). The van der Waals surface area contributed by atoms with E-state index >= 15 is 0 Å². The summed E-state index contributed by atoms with van der Waals surface area (Å²) in [5, 5.41) is 0. The van der Waals surface area contributed by atoms with Gasteiger partial charge in [-0.25, -0.2) is 9.78 Å². The van der Waals surface area contributed by atoms with Gasteiger partial charge in [-0.3, -0.25) is 9.59 Å². The number of carbonyl (C=O) groups excluding carboxylic acids is 3. The molecule has 2 N–H and O–H groups in total.